The Balaban J connectivity index is 2.04. The van der Waals surface area contributed by atoms with Crippen LogP contribution in [0.4, 0.5) is 0 Å². The van der Waals surface area contributed by atoms with Crippen LogP contribution >= 0.6 is 11.3 Å². The maximum Gasteiger partial charge on any atom is 0.0415 e. The van der Waals surface area contributed by atoms with Gasteiger partial charge in [-0.2, -0.15) is 0 Å². The third-order valence-electron chi connectivity index (χ3n) is 4.16. The Morgan fingerprint density at radius 1 is 1.00 bits per heavy atom. The predicted octanol–water partition coefficient (Wildman–Crippen LogP) is 6.24. The Kier molecular flexibility index (Phi) is 10.0. The highest BCUT2D eigenvalue weighted by Crippen LogP contribution is 2.27. The van der Waals surface area contributed by atoms with Crippen LogP contribution in [0.15, 0.2) is 11.4 Å². The maximum atomic E-state index is 3.48. The fraction of sp³-hybridized carbons (Fsp3) is 0.778. The summed E-state index contributed by atoms with van der Waals surface area (Å²) >= 11 is 1.90. The van der Waals surface area contributed by atoms with Crippen LogP contribution < -0.4 is 5.32 Å². The zero-order chi connectivity index (χ0) is 14.6. The average molecular weight is 296 g/mol. The van der Waals surface area contributed by atoms with Crippen molar-refractivity contribution in [1.29, 1.82) is 0 Å². The first-order chi connectivity index (χ1) is 9.79. The fourth-order valence-corrected chi connectivity index (χ4v) is 3.88. The zero-order valence-corrected chi connectivity index (χ0v) is 14.5. The molecule has 2 heteroatoms. The molecule has 0 saturated carbocycles. The molecule has 0 bridgehead atoms. The van der Waals surface area contributed by atoms with Gasteiger partial charge in [-0.1, -0.05) is 64.7 Å². The molecule has 0 fully saturated rings. The molecule has 1 unspecified atom stereocenters. The Morgan fingerprint density at radius 2 is 1.60 bits per heavy atom. The second-order valence-electron chi connectivity index (χ2n) is 5.93. The highest BCUT2D eigenvalue weighted by Gasteiger charge is 2.12. The van der Waals surface area contributed by atoms with Gasteiger partial charge in [0.15, 0.2) is 0 Å². The maximum absolute atomic E-state index is 3.48. The van der Waals surface area contributed by atoms with Gasteiger partial charge >= 0.3 is 0 Å². The lowest BCUT2D eigenvalue weighted by atomic mass is 10.0. The summed E-state index contributed by atoms with van der Waals surface area (Å²) in [7, 11) is 2.09. The first kappa shape index (κ1) is 17.7. The summed E-state index contributed by atoms with van der Waals surface area (Å²) in [5, 5.41) is 5.69. The molecule has 1 nitrogen and oxygen atoms in total. The third kappa shape index (κ3) is 6.90. The molecule has 0 aromatic carbocycles. The molecule has 1 N–H and O–H groups in total. The highest BCUT2D eigenvalue weighted by atomic mass is 32.1. The number of thiophene rings is 1. The second kappa shape index (κ2) is 11.3. The normalized spacial score (nSPS) is 12.8. The van der Waals surface area contributed by atoms with Crippen LogP contribution in [0.1, 0.15) is 87.6 Å². The van der Waals surface area contributed by atoms with Gasteiger partial charge in [0, 0.05) is 10.9 Å². The van der Waals surface area contributed by atoms with E-state index in [4.69, 9.17) is 0 Å². The SMILES string of the molecule is CCCCCCCCCCCC(NC)c1sccc1C. The van der Waals surface area contributed by atoms with Crippen molar-refractivity contribution >= 4 is 11.3 Å². The molecule has 0 aliphatic carbocycles. The van der Waals surface area contributed by atoms with Crippen LogP contribution in [0.5, 0.6) is 0 Å². The van der Waals surface area contributed by atoms with Crippen LogP contribution in [-0.2, 0) is 0 Å². The van der Waals surface area contributed by atoms with Crippen molar-refractivity contribution in [3.05, 3.63) is 21.9 Å². The molecule has 1 aromatic rings. The van der Waals surface area contributed by atoms with E-state index in [1.165, 1.54) is 74.6 Å². The number of hydrogen-bond acceptors (Lipinski definition) is 2. The van der Waals surface area contributed by atoms with Crippen molar-refractivity contribution in [3.8, 4) is 0 Å². The third-order valence-corrected chi connectivity index (χ3v) is 5.30. The lowest BCUT2D eigenvalue weighted by molar-refractivity contribution is 0.497. The average Bonchev–Trinajstić information content (AvgIpc) is 2.87. The van der Waals surface area contributed by atoms with Gasteiger partial charge in [0.1, 0.15) is 0 Å². The van der Waals surface area contributed by atoms with E-state index in [2.05, 4.69) is 37.7 Å². The molecule has 1 heterocycles. The minimum absolute atomic E-state index is 0.569. The highest BCUT2D eigenvalue weighted by molar-refractivity contribution is 7.10. The largest absolute Gasteiger partial charge is 0.312 e. The fourth-order valence-electron chi connectivity index (χ4n) is 2.81. The van der Waals surface area contributed by atoms with Gasteiger partial charge in [-0.05, 0) is 37.4 Å². The van der Waals surface area contributed by atoms with Gasteiger partial charge in [-0.15, -0.1) is 11.3 Å². The van der Waals surface area contributed by atoms with Crippen molar-refractivity contribution in [2.24, 2.45) is 0 Å². The van der Waals surface area contributed by atoms with E-state index in [1.54, 1.807) is 0 Å². The van der Waals surface area contributed by atoms with Crippen LogP contribution in [0.2, 0.25) is 0 Å². The van der Waals surface area contributed by atoms with Gasteiger partial charge < -0.3 is 5.32 Å². The quantitative estimate of drug-likeness (QED) is 0.450. The van der Waals surface area contributed by atoms with E-state index in [9.17, 15) is 0 Å². The standard InChI is InChI=1S/C18H33NS/c1-4-5-6-7-8-9-10-11-12-13-17(19-3)18-16(2)14-15-20-18/h14-15,17,19H,4-13H2,1-3H3. The number of hydrogen-bond donors (Lipinski definition) is 1. The van der Waals surface area contributed by atoms with E-state index >= 15 is 0 Å². The monoisotopic (exact) mass is 295 g/mol. The number of nitrogens with one attached hydrogen (secondary N) is 1. The van der Waals surface area contributed by atoms with Gasteiger partial charge in [0.2, 0.25) is 0 Å². The summed E-state index contributed by atoms with van der Waals surface area (Å²) in [5.41, 5.74) is 1.45. The minimum Gasteiger partial charge on any atom is -0.312 e. The summed E-state index contributed by atoms with van der Waals surface area (Å²) < 4.78 is 0. The van der Waals surface area contributed by atoms with E-state index in [0.29, 0.717) is 6.04 Å². The van der Waals surface area contributed by atoms with E-state index in [0.717, 1.165) is 0 Å². The smallest absolute Gasteiger partial charge is 0.0415 e. The molecule has 116 valence electrons. The molecule has 0 aliphatic rings. The van der Waals surface area contributed by atoms with Gasteiger partial charge in [0.05, 0.1) is 0 Å². The van der Waals surface area contributed by atoms with E-state index in [-0.39, 0.29) is 0 Å². The molecule has 0 radical (unpaired) electrons. The Morgan fingerprint density at radius 3 is 2.10 bits per heavy atom. The van der Waals surface area contributed by atoms with Crippen LogP contribution in [-0.4, -0.2) is 7.05 Å². The van der Waals surface area contributed by atoms with Crippen LogP contribution in [0, 0.1) is 6.92 Å². The van der Waals surface area contributed by atoms with E-state index in [1.807, 2.05) is 11.3 Å². The van der Waals surface area contributed by atoms with Crippen molar-refractivity contribution in [2.45, 2.75) is 84.1 Å². The van der Waals surface area contributed by atoms with E-state index < -0.39 is 0 Å². The first-order valence-electron chi connectivity index (χ1n) is 8.50. The number of unbranched alkanes of at least 4 members (excludes halogenated alkanes) is 8. The molecule has 0 aliphatic heterocycles. The summed E-state index contributed by atoms with van der Waals surface area (Å²) in [4.78, 5) is 1.53. The van der Waals surface area contributed by atoms with Gasteiger partial charge in [-0.25, -0.2) is 0 Å². The molecule has 1 atom stereocenters. The Hall–Kier alpha value is -0.340. The first-order valence-corrected chi connectivity index (χ1v) is 9.38. The summed E-state index contributed by atoms with van der Waals surface area (Å²) in [6.45, 7) is 4.51. The lowest BCUT2D eigenvalue weighted by Crippen LogP contribution is -2.15. The molecule has 1 aromatic heterocycles. The minimum atomic E-state index is 0.569. The molecule has 20 heavy (non-hydrogen) atoms. The Bertz CT molecular complexity index is 332. The topological polar surface area (TPSA) is 12.0 Å². The van der Waals surface area contributed by atoms with Crippen LogP contribution in [0.3, 0.4) is 0 Å². The molecule has 0 saturated heterocycles. The van der Waals surface area contributed by atoms with Crippen LogP contribution in [0.25, 0.3) is 0 Å². The molecule has 1 rings (SSSR count). The molecular weight excluding hydrogens is 262 g/mol. The van der Waals surface area contributed by atoms with Gasteiger partial charge in [0.25, 0.3) is 0 Å². The molecular formula is C18H33NS. The molecule has 0 spiro atoms. The zero-order valence-electron chi connectivity index (χ0n) is 13.7. The van der Waals surface area contributed by atoms with Crippen molar-refractivity contribution in [2.75, 3.05) is 7.05 Å². The number of aryl methyl sites for hydroxylation is 1. The summed E-state index contributed by atoms with van der Waals surface area (Å²) in [6, 6.07) is 2.81. The van der Waals surface area contributed by atoms with Crippen molar-refractivity contribution in [3.63, 3.8) is 0 Å². The van der Waals surface area contributed by atoms with Crippen molar-refractivity contribution < 1.29 is 0 Å². The Labute approximate surface area is 130 Å². The lowest BCUT2D eigenvalue weighted by Gasteiger charge is -2.15. The number of rotatable bonds is 12. The predicted molar refractivity (Wildman–Crippen MR) is 92.7 cm³/mol. The summed E-state index contributed by atoms with van der Waals surface area (Å²) in [6.07, 6.45) is 14.0. The summed E-state index contributed by atoms with van der Waals surface area (Å²) in [5.74, 6) is 0. The second-order valence-corrected chi connectivity index (χ2v) is 6.87. The molecule has 0 amide bonds. The van der Waals surface area contributed by atoms with Gasteiger partial charge in [-0.3, -0.25) is 0 Å². The van der Waals surface area contributed by atoms with Crippen molar-refractivity contribution in [1.82, 2.24) is 5.32 Å².